The number of hydrogen-bond donors (Lipinski definition) is 1. The van der Waals surface area contributed by atoms with Crippen LogP contribution in [0.5, 0.6) is 0 Å². The zero-order chi connectivity index (χ0) is 7.28. The third kappa shape index (κ3) is 7.27. The van der Waals surface area contributed by atoms with E-state index in [0.29, 0.717) is 12.5 Å². The summed E-state index contributed by atoms with van der Waals surface area (Å²) >= 11 is 0. The fourth-order valence-electron chi connectivity index (χ4n) is 0.418. The van der Waals surface area contributed by atoms with Crippen LogP contribution in [0.4, 0.5) is 4.79 Å². The Morgan fingerprint density at radius 1 is 1.67 bits per heavy atom. The van der Waals surface area contributed by atoms with Crippen LogP contribution in [0.2, 0.25) is 0 Å². The van der Waals surface area contributed by atoms with Gasteiger partial charge in [-0.1, -0.05) is 13.8 Å². The first-order valence-corrected chi connectivity index (χ1v) is 3.03. The van der Waals surface area contributed by atoms with E-state index in [1.807, 2.05) is 13.8 Å². The van der Waals surface area contributed by atoms with Crippen LogP contribution in [0.3, 0.4) is 0 Å². The number of amides is 1. The molecule has 0 heterocycles. The van der Waals surface area contributed by atoms with Crippen LogP contribution in [-0.2, 0) is 0 Å². The lowest BCUT2D eigenvalue weighted by Crippen LogP contribution is -2.14. The smallest absolute Gasteiger partial charge is 0.426 e. The first-order valence-electron chi connectivity index (χ1n) is 3.03. The number of carbonyl (C=O) groups is 1. The molecule has 0 aromatic rings. The molecule has 0 fully saturated rings. The fraction of sp³-hybridized carbons (Fsp3) is 0.833. The highest BCUT2D eigenvalue weighted by atomic mass is 16.4. The summed E-state index contributed by atoms with van der Waals surface area (Å²) in [5.74, 6) is 0.535. The van der Waals surface area contributed by atoms with Gasteiger partial charge in [-0.25, -0.2) is 10.1 Å². The van der Waals surface area contributed by atoms with Crippen LogP contribution in [0.1, 0.15) is 20.3 Å². The summed E-state index contributed by atoms with van der Waals surface area (Å²) in [5.41, 5.74) is 0. The molecule has 0 spiro atoms. The largest absolute Gasteiger partial charge is 0.464 e. The fourth-order valence-corrected chi connectivity index (χ4v) is 0.418. The minimum absolute atomic E-state index is 0.438. The monoisotopic (exact) mass is 130 g/mol. The molecule has 0 aliphatic carbocycles. The lowest BCUT2D eigenvalue weighted by atomic mass is 10.1. The molecule has 0 bridgehead atoms. The summed E-state index contributed by atoms with van der Waals surface area (Å²) in [6.07, 6.45) is -0.206. The second kappa shape index (κ2) is 4.18. The Morgan fingerprint density at radius 2 is 2.22 bits per heavy atom. The van der Waals surface area contributed by atoms with E-state index in [0.717, 1.165) is 6.42 Å². The topological polar surface area (TPSA) is 51.4 Å². The van der Waals surface area contributed by atoms with Crippen LogP contribution in [0.15, 0.2) is 0 Å². The van der Waals surface area contributed by atoms with Crippen molar-refractivity contribution in [2.24, 2.45) is 5.92 Å². The predicted molar refractivity (Wildman–Crippen MR) is 34.5 cm³/mol. The highest BCUT2D eigenvalue weighted by Crippen LogP contribution is 1.96. The molecular weight excluding hydrogens is 118 g/mol. The third-order valence-electron chi connectivity index (χ3n) is 0.954. The standard InChI is InChI=1S/C6H12NO2/c1-5(2)3-4-7-6(8)9/h5H,3-4H2,1-2H3,(H,8,9). The number of nitrogens with zero attached hydrogens (tertiary/aromatic N) is 1. The van der Waals surface area contributed by atoms with Gasteiger partial charge in [-0.05, 0) is 12.3 Å². The lowest BCUT2D eigenvalue weighted by molar-refractivity contribution is 0.193. The Morgan fingerprint density at radius 3 is 2.56 bits per heavy atom. The van der Waals surface area contributed by atoms with Gasteiger partial charge >= 0.3 is 6.09 Å². The molecule has 0 aliphatic rings. The normalized spacial score (nSPS) is 9.67. The van der Waals surface area contributed by atoms with Crippen molar-refractivity contribution in [3.63, 3.8) is 0 Å². The van der Waals surface area contributed by atoms with Crippen LogP contribution in [0, 0.1) is 5.92 Å². The van der Waals surface area contributed by atoms with Gasteiger partial charge in [0.25, 0.3) is 0 Å². The van der Waals surface area contributed by atoms with Gasteiger partial charge in [0.2, 0.25) is 0 Å². The molecular formula is C6H12NO2. The molecule has 0 saturated carbocycles. The van der Waals surface area contributed by atoms with Gasteiger partial charge in [0, 0.05) is 6.54 Å². The van der Waals surface area contributed by atoms with Gasteiger partial charge < -0.3 is 5.11 Å². The molecule has 1 radical (unpaired) electrons. The Hall–Kier alpha value is -0.730. The molecule has 0 rings (SSSR count). The average Bonchev–Trinajstić information content (AvgIpc) is 1.63. The van der Waals surface area contributed by atoms with E-state index in [4.69, 9.17) is 5.11 Å². The molecule has 3 nitrogen and oxygen atoms in total. The third-order valence-corrected chi connectivity index (χ3v) is 0.954. The van der Waals surface area contributed by atoms with Crippen molar-refractivity contribution in [1.82, 2.24) is 5.32 Å². The molecule has 0 unspecified atom stereocenters. The summed E-state index contributed by atoms with van der Waals surface area (Å²) in [4.78, 5) is 9.81. The second-order valence-corrected chi connectivity index (χ2v) is 2.35. The van der Waals surface area contributed by atoms with E-state index in [1.165, 1.54) is 0 Å². The molecule has 0 aliphatic heterocycles. The maximum absolute atomic E-state index is 9.81. The minimum atomic E-state index is -1.06. The maximum atomic E-state index is 9.81. The zero-order valence-corrected chi connectivity index (χ0v) is 5.79. The minimum Gasteiger partial charge on any atom is -0.464 e. The van der Waals surface area contributed by atoms with Crippen LogP contribution < -0.4 is 5.32 Å². The van der Waals surface area contributed by atoms with E-state index in [1.54, 1.807) is 0 Å². The quantitative estimate of drug-likeness (QED) is 0.626. The highest BCUT2D eigenvalue weighted by molar-refractivity contribution is 5.63. The Balaban J connectivity index is 3.01. The molecule has 3 heteroatoms. The maximum Gasteiger partial charge on any atom is 0.426 e. The average molecular weight is 130 g/mol. The van der Waals surface area contributed by atoms with E-state index >= 15 is 0 Å². The van der Waals surface area contributed by atoms with Crippen molar-refractivity contribution in [3.8, 4) is 0 Å². The van der Waals surface area contributed by atoms with Crippen LogP contribution >= 0.6 is 0 Å². The first-order chi connectivity index (χ1) is 4.13. The summed E-state index contributed by atoms with van der Waals surface area (Å²) in [7, 11) is 0. The Labute approximate surface area is 55.1 Å². The van der Waals surface area contributed by atoms with Crippen molar-refractivity contribution in [2.75, 3.05) is 6.54 Å². The second-order valence-electron chi connectivity index (χ2n) is 2.35. The van der Waals surface area contributed by atoms with E-state index in [-0.39, 0.29) is 0 Å². The number of rotatable bonds is 3. The molecule has 9 heavy (non-hydrogen) atoms. The van der Waals surface area contributed by atoms with E-state index < -0.39 is 6.09 Å². The molecule has 0 atom stereocenters. The lowest BCUT2D eigenvalue weighted by Gasteiger charge is -2.00. The van der Waals surface area contributed by atoms with Gasteiger partial charge in [0.05, 0.1) is 0 Å². The van der Waals surface area contributed by atoms with Gasteiger partial charge in [-0.15, -0.1) is 0 Å². The summed E-state index contributed by atoms with van der Waals surface area (Å²) in [6.45, 7) is 4.52. The molecule has 0 aromatic carbocycles. The number of hydrogen-bond acceptors (Lipinski definition) is 1. The predicted octanol–water partition coefficient (Wildman–Crippen LogP) is 1.31. The highest BCUT2D eigenvalue weighted by Gasteiger charge is 1.97. The first kappa shape index (κ1) is 8.27. The summed E-state index contributed by atoms with van der Waals surface area (Å²) < 4.78 is 0. The van der Waals surface area contributed by atoms with Crippen LogP contribution in [0.25, 0.3) is 0 Å². The van der Waals surface area contributed by atoms with E-state index in [9.17, 15) is 4.79 Å². The molecule has 1 N–H and O–H groups in total. The number of carboxylic acid groups (broad SMARTS) is 1. The van der Waals surface area contributed by atoms with Crippen LogP contribution in [-0.4, -0.2) is 17.7 Å². The van der Waals surface area contributed by atoms with E-state index in [2.05, 4.69) is 5.32 Å². The molecule has 0 saturated heterocycles. The summed E-state index contributed by atoms with van der Waals surface area (Å²) in [5, 5.41) is 11.3. The van der Waals surface area contributed by atoms with Crippen molar-refractivity contribution >= 4 is 6.09 Å². The van der Waals surface area contributed by atoms with Gasteiger partial charge in [-0.3, -0.25) is 0 Å². The van der Waals surface area contributed by atoms with Gasteiger partial charge in [0.1, 0.15) is 0 Å². The zero-order valence-electron chi connectivity index (χ0n) is 5.79. The van der Waals surface area contributed by atoms with Crippen molar-refractivity contribution in [3.05, 3.63) is 0 Å². The Bertz CT molecular complexity index is 91.1. The molecule has 53 valence electrons. The van der Waals surface area contributed by atoms with Gasteiger partial charge in [0.15, 0.2) is 0 Å². The van der Waals surface area contributed by atoms with Crippen molar-refractivity contribution < 1.29 is 9.90 Å². The molecule has 0 aromatic heterocycles. The van der Waals surface area contributed by atoms with Crippen molar-refractivity contribution in [1.29, 1.82) is 0 Å². The Kier molecular flexibility index (Phi) is 3.84. The SMILES string of the molecule is CC(C)CC[N]C(=O)O. The van der Waals surface area contributed by atoms with Crippen molar-refractivity contribution in [2.45, 2.75) is 20.3 Å². The summed E-state index contributed by atoms with van der Waals surface area (Å²) in [6, 6.07) is 0. The van der Waals surface area contributed by atoms with Gasteiger partial charge in [-0.2, -0.15) is 0 Å². The molecule has 1 amide bonds.